The number of allylic oxidation sites excluding steroid dienone is 4. The molecule has 0 unspecified atom stereocenters. The summed E-state index contributed by atoms with van der Waals surface area (Å²) in [7, 11) is 0. The number of thioether (sulfide) groups is 1. The van der Waals surface area contributed by atoms with Crippen molar-refractivity contribution in [2.75, 3.05) is 5.75 Å². The van der Waals surface area contributed by atoms with Crippen LogP contribution >= 0.6 is 23.4 Å². The molecule has 1 aliphatic rings. The maximum absolute atomic E-state index is 11.4. The van der Waals surface area contributed by atoms with E-state index in [0.29, 0.717) is 5.02 Å². The fourth-order valence-electron chi connectivity index (χ4n) is 4.84. The molecule has 1 fully saturated rings. The summed E-state index contributed by atoms with van der Waals surface area (Å²) in [6.07, 6.45) is 11.7. The van der Waals surface area contributed by atoms with Gasteiger partial charge in [0.1, 0.15) is 0 Å². The lowest BCUT2D eigenvalue weighted by Gasteiger charge is -2.26. The number of carbonyl (C=O) groups is 1. The SMILES string of the molecule is C=C(/C=C/c1ccc2ccc(Cl)cc2n1)/C=C(\C)[C@@H](CCC(=C)/C(=C\C)C(C)(C)O)SCC1(CC(=O)O)CC1. The second-order valence-corrected chi connectivity index (χ2v) is 12.8. The van der Waals surface area contributed by atoms with E-state index >= 15 is 0 Å². The molecule has 1 saturated carbocycles. The van der Waals surface area contributed by atoms with Crippen molar-refractivity contribution in [2.24, 2.45) is 5.41 Å². The molecule has 1 atom stereocenters. The van der Waals surface area contributed by atoms with E-state index in [1.165, 1.54) is 5.57 Å². The summed E-state index contributed by atoms with van der Waals surface area (Å²) < 4.78 is 0. The van der Waals surface area contributed by atoms with E-state index in [2.05, 4.69) is 31.1 Å². The number of hydrogen-bond donors (Lipinski definition) is 2. The van der Waals surface area contributed by atoms with Crippen LogP contribution in [0.1, 0.15) is 65.5 Å². The maximum atomic E-state index is 11.4. The van der Waals surface area contributed by atoms with E-state index in [1.807, 2.05) is 67.2 Å². The van der Waals surface area contributed by atoms with E-state index in [-0.39, 0.29) is 17.1 Å². The van der Waals surface area contributed by atoms with Gasteiger partial charge < -0.3 is 10.2 Å². The molecule has 0 aliphatic heterocycles. The van der Waals surface area contributed by atoms with Crippen LogP contribution < -0.4 is 0 Å². The number of aliphatic carboxylic acids is 1. The van der Waals surface area contributed by atoms with Crippen molar-refractivity contribution in [3.05, 3.63) is 94.7 Å². The third-order valence-electron chi connectivity index (χ3n) is 7.18. The van der Waals surface area contributed by atoms with Gasteiger partial charge in [0.25, 0.3) is 0 Å². The van der Waals surface area contributed by atoms with Crippen molar-refractivity contribution in [3.63, 3.8) is 0 Å². The highest BCUT2D eigenvalue weighted by molar-refractivity contribution is 8.00. The summed E-state index contributed by atoms with van der Waals surface area (Å²) in [4.78, 5) is 16.1. The van der Waals surface area contributed by atoms with Crippen LogP contribution in [0.3, 0.4) is 0 Å². The van der Waals surface area contributed by atoms with E-state index in [9.17, 15) is 15.0 Å². The summed E-state index contributed by atoms with van der Waals surface area (Å²) >= 11 is 7.95. The molecule has 0 saturated heterocycles. The Bertz CT molecular complexity index is 1330. The topological polar surface area (TPSA) is 70.4 Å². The van der Waals surface area contributed by atoms with Gasteiger partial charge in [-0.3, -0.25) is 4.79 Å². The number of rotatable bonds is 14. The molecule has 3 rings (SSSR count). The first-order valence-electron chi connectivity index (χ1n) is 13.3. The fraction of sp³-hybridized carbons (Fsp3) is 0.394. The van der Waals surface area contributed by atoms with E-state index in [0.717, 1.165) is 64.8 Å². The normalized spacial score (nSPS) is 16.5. The number of pyridine rings is 1. The Morgan fingerprint density at radius 2 is 1.95 bits per heavy atom. The molecule has 6 heteroatoms. The first kappa shape index (κ1) is 30.9. The van der Waals surface area contributed by atoms with Gasteiger partial charge in [0.05, 0.1) is 23.2 Å². The Balaban J connectivity index is 1.73. The van der Waals surface area contributed by atoms with Crippen LogP contribution in [0, 0.1) is 5.41 Å². The number of carboxylic acid groups (broad SMARTS) is 1. The Morgan fingerprint density at radius 1 is 1.26 bits per heavy atom. The van der Waals surface area contributed by atoms with E-state index in [4.69, 9.17) is 11.6 Å². The van der Waals surface area contributed by atoms with Crippen LogP contribution in [-0.4, -0.2) is 37.8 Å². The minimum atomic E-state index is -0.944. The molecule has 0 spiro atoms. The lowest BCUT2D eigenvalue weighted by Crippen LogP contribution is -2.23. The van der Waals surface area contributed by atoms with E-state index in [1.54, 1.807) is 13.8 Å². The van der Waals surface area contributed by atoms with Gasteiger partial charge in [-0.1, -0.05) is 60.7 Å². The van der Waals surface area contributed by atoms with Crippen LogP contribution in [0.25, 0.3) is 17.0 Å². The highest BCUT2D eigenvalue weighted by atomic mass is 35.5. The predicted molar refractivity (Wildman–Crippen MR) is 167 cm³/mol. The van der Waals surface area contributed by atoms with Gasteiger partial charge in [-0.15, -0.1) is 0 Å². The van der Waals surface area contributed by atoms with E-state index < -0.39 is 11.6 Å². The minimum absolute atomic E-state index is 0.0881. The molecule has 1 aliphatic carbocycles. The van der Waals surface area contributed by atoms with Crippen LogP contribution in [-0.2, 0) is 4.79 Å². The van der Waals surface area contributed by atoms with Crippen LogP contribution in [0.2, 0.25) is 5.02 Å². The van der Waals surface area contributed by atoms with Crippen LogP contribution in [0.15, 0.2) is 84.0 Å². The molecule has 4 nitrogen and oxygen atoms in total. The number of halogens is 1. The van der Waals surface area contributed by atoms with Gasteiger partial charge in [-0.05, 0) is 99.8 Å². The number of nitrogens with zero attached hydrogens (tertiary/aromatic N) is 1. The fourth-order valence-corrected chi connectivity index (χ4v) is 6.57. The van der Waals surface area contributed by atoms with Gasteiger partial charge in [-0.2, -0.15) is 11.8 Å². The molecule has 0 amide bonds. The van der Waals surface area contributed by atoms with Crippen molar-refractivity contribution < 1.29 is 15.0 Å². The third kappa shape index (κ3) is 9.23. The second-order valence-electron chi connectivity index (χ2n) is 11.1. The summed E-state index contributed by atoms with van der Waals surface area (Å²) in [6, 6.07) is 9.67. The van der Waals surface area contributed by atoms with Crippen molar-refractivity contribution in [2.45, 2.75) is 70.7 Å². The van der Waals surface area contributed by atoms with Gasteiger partial charge in [0.2, 0.25) is 0 Å². The van der Waals surface area contributed by atoms with Gasteiger partial charge in [-0.25, -0.2) is 4.98 Å². The highest BCUT2D eigenvalue weighted by Crippen LogP contribution is 2.52. The summed E-state index contributed by atoms with van der Waals surface area (Å²) in [6.45, 7) is 16.1. The van der Waals surface area contributed by atoms with Gasteiger partial charge in [0.15, 0.2) is 0 Å². The standard InChI is InChI=1S/C33H40ClNO3S/c1-7-28(32(5,6)38)23(3)9-15-30(39-21-33(16-17-33)20-31(36)37)24(4)18-22(2)8-13-27-14-11-25-10-12-26(34)19-29(25)35-27/h7-8,10-14,18-19,30,38H,2-3,9,15-17,20-21H2,1,4-6H3,(H,36,37)/b13-8+,24-18+,28-7+/t30-/m1/s1. The summed E-state index contributed by atoms with van der Waals surface area (Å²) in [5.41, 5.74) is 4.47. The summed E-state index contributed by atoms with van der Waals surface area (Å²) in [5, 5.41) is 21.8. The number of aromatic nitrogens is 1. The molecule has 0 bridgehead atoms. The molecular weight excluding hydrogens is 526 g/mol. The molecule has 208 valence electrons. The maximum Gasteiger partial charge on any atom is 0.303 e. The number of fused-ring (bicyclic) bond motifs is 1. The quantitative estimate of drug-likeness (QED) is 0.224. The second kappa shape index (κ2) is 13.2. The first-order valence-corrected chi connectivity index (χ1v) is 14.8. The Labute approximate surface area is 242 Å². The zero-order chi connectivity index (χ0) is 28.8. The number of benzene rings is 1. The average Bonchev–Trinajstić information content (AvgIpc) is 3.60. The number of aliphatic hydroxyl groups is 1. The van der Waals surface area contributed by atoms with Crippen LogP contribution in [0.5, 0.6) is 0 Å². The molecule has 1 aromatic heterocycles. The van der Waals surface area contributed by atoms with Crippen molar-refractivity contribution in [1.29, 1.82) is 0 Å². The van der Waals surface area contributed by atoms with Crippen molar-refractivity contribution in [1.82, 2.24) is 4.98 Å². The largest absolute Gasteiger partial charge is 0.481 e. The van der Waals surface area contributed by atoms with Crippen molar-refractivity contribution in [3.8, 4) is 0 Å². The number of carboxylic acids is 1. The predicted octanol–water partition coefficient (Wildman–Crippen LogP) is 8.81. The zero-order valence-corrected chi connectivity index (χ0v) is 25.0. The Kier molecular flexibility index (Phi) is 10.4. The molecule has 0 radical (unpaired) electrons. The Morgan fingerprint density at radius 3 is 2.56 bits per heavy atom. The third-order valence-corrected chi connectivity index (χ3v) is 9.20. The van der Waals surface area contributed by atoms with Crippen LogP contribution in [0.4, 0.5) is 0 Å². The lowest BCUT2D eigenvalue weighted by atomic mass is 9.88. The molecule has 39 heavy (non-hydrogen) atoms. The van der Waals surface area contributed by atoms with Gasteiger partial charge in [0, 0.05) is 21.4 Å². The molecule has 2 aromatic rings. The monoisotopic (exact) mass is 565 g/mol. The average molecular weight is 566 g/mol. The smallest absolute Gasteiger partial charge is 0.303 e. The minimum Gasteiger partial charge on any atom is -0.481 e. The van der Waals surface area contributed by atoms with Gasteiger partial charge >= 0.3 is 5.97 Å². The summed E-state index contributed by atoms with van der Waals surface area (Å²) in [5.74, 6) is 0.0893. The lowest BCUT2D eigenvalue weighted by molar-refractivity contribution is -0.138. The molecule has 2 N–H and O–H groups in total. The Hall–Kier alpha value is -2.60. The number of hydrogen-bond acceptors (Lipinski definition) is 4. The molecule has 1 heterocycles. The molecular formula is C33H40ClNO3S. The highest BCUT2D eigenvalue weighted by Gasteiger charge is 2.44. The molecule has 1 aromatic carbocycles. The first-order chi connectivity index (χ1) is 18.3. The zero-order valence-electron chi connectivity index (χ0n) is 23.5. The van der Waals surface area contributed by atoms with Crippen molar-refractivity contribution >= 4 is 46.3 Å².